The van der Waals surface area contributed by atoms with Gasteiger partial charge in [0, 0.05) is 17.5 Å². The van der Waals surface area contributed by atoms with E-state index in [4.69, 9.17) is 5.73 Å². The van der Waals surface area contributed by atoms with Gasteiger partial charge in [-0.3, -0.25) is 0 Å². The van der Waals surface area contributed by atoms with Crippen molar-refractivity contribution >= 4 is 0 Å². The van der Waals surface area contributed by atoms with Gasteiger partial charge >= 0.3 is 0 Å². The van der Waals surface area contributed by atoms with E-state index in [0.29, 0.717) is 6.54 Å². The van der Waals surface area contributed by atoms with Gasteiger partial charge in [-0.05, 0) is 25.0 Å². The molecule has 14 heavy (non-hydrogen) atoms. The number of aromatic hydroxyl groups is 2. The molecule has 0 amide bonds. The van der Waals surface area contributed by atoms with Crippen LogP contribution in [-0.2, 0) is 5.41 Å². The molecule has 1 aromatic carbocycles. The summed E-state index contributed by atoms with van der Waals surface area (Å²) in [5.41, 5.74) is 5.24. The number of phenolic OH excluding ortho intramolecular Hbond substituents is 2. The number of benzene rings is 1. The van der Waals surface area contributed by atoms with Gasteiger partial charge in [0.05, 0.1) is 0 Å². The zero-order valence-electron chi connectivity index (χ0n) is 7.63. The average molecular weight is 197 g/mol. The zero-order chi connectivity index (χ0) is 10.3. The highest BCUT2D eigenvalue weighted by atomic mass is 19.1. The van der Waals surface area contributed by atoms with Crippen molar-refractivity contribution in [1.82, 2.24) is 0 Å². The summed E-state index contributed by atoms with van der Waals surface area (Å²) in [5, 5.41) is 18.7. The molecule has 1 aromatic rings. The molecular weight excluding hydrogens is 185 g/mol. The Morgan fingerprint density at radius 2 is 1.86 bits per heavy atom. The lowest BCUT2D eigenvalue weighted by molar-refractivity contribution is 0.404. The predicted octanol–water partition coefficient (Wildman–Crippen LogP) is 1.23. The maximum absolute atomic E-state index is 13.5. The lowest BCUT2D eigenvalue weighted by atomic mass is 9.94. The monoisotopic (exact) mass is 197 g/mol. The van der Waals surface area contributed by atoms with Crippen LogP contribution in [0.25, 0.3) is 0 Å². The maximum Gasteiger partial charge on any atom is 0.172 e. The van der Waals surface area contributed by atoms with Gasteiger partial charge in [0.1, 0.15) is 5.75 Å². The zero-order valence-corrected chi connectivity index (χ0v) is 7.63. The van der Waals surface area contributed by atoms with Gasteiger partial charge < -0.3 is 15.9 Å². The van der Waals surface area contributed by atoms with Crippen molar-refractivity contribution < 1.29 is 14.6 Å². The minimum atomic E-state index is -0.743. The van der Waals surface area contributed by atoms with E-state index in [1.54, 1.807) is 0 Å². The van der Waals surface area contributed by atoms with Gasteiger partial charge in [-0.15, -0.1) is 0 Å². The van der Waals surface area contributed by atoms with Gasteiger partial charge in [-0.2, -0.15) is 0 Å². The number of phenols is 2. The molecule has 1 saturated carbocycles. The van der Waals surface area contributed by atoms with E-state index in [9.17, 15) is 14.6 Å². The topological polar surface area (TPSA) is 66.5 Å². The van der Waals surface area contributed by atoms with Crippen molar-refractivity contribution in [1.29, 1.82) is 0 Å². The first-order chi connectivity index (χ1) is 6.60. The van der Waals surface area contributed by atoms with Crippen molar-refractivity contribution in [3.8, 4) is 11.5 Å². The van der Waals surface area contributed by atoms with E-state index in [2.05, 4.69) is 0 Å². The summed E-state index contributed by atoms with van der Waals surface area (Å²) >= 11 is 0. The molecule has 0 bridgehead atoms. The van der Waals surface area contributed by atoms with Crippen molar-refractivity contribution in [2.24, 2.45) is 5.73 Å². The number of rotatable bonds is 2. The van der Waals surface area contributed by atoms with Crippen LogP contribution in [0.2, 0.25) is 0 Å². The Bertz CT molecular complexity index is 375. The molecule has 0 aliphatic heterocycles. The van der Waals surface area contributed by atoms with E-state index in [-0.39, 0.29) is 11.3 Å². The quantitative estimate of drug-likeness (QED) is 0.624. The Labute approximate surface area is 81.0 Å². The van der Waals surface area contributed by atoms with Gasteiger partial charge in [-0.1, -0.05) is 0 Å². The fourth-order valence-electron chi connectivity index (χ4n) is 1.77. The van der Waals surface area contributed by atoms with Gasteiger partial charge in [-0.25, -0.2) is 4.39 Å². The number of nitrogens with two attached hydrogens (primary N) is 1. The van der Waals surface area contributed by atoms with Crippen LogP contribution in [0.3, 0.4) is 0 Å². The van der Waals surface area contributed by atoms with Crippen LogP contribution in [0, 0.1) is 5.82 Å². The standard InChI is InChI=1S/C10H12FNO2/c11-9-7(14)2-1-6(13)8(9)10(5-12)3-4-10/h1-2,13-14H,3-5,12H2. The van der Waals surface area contributed by atoms with Crippen LogP contribution < -0.4 is 5.73 Å². The Hall–Kier alpha value is -1.29. The SMILES string of the molecule is NCC1(c2c(O)ccc(O)c2F)CC1. The molecule has 1 fully saturated rings. The minimum absolute atomic E-state index is 0.122. The second-order valence-corrected chi connectivity index (χ2v) is 3.78. The minimum Gasteiger partial charge on any atom is -0.508 e. The normalized spacial score (nSPS) is 18.1. The molecule has 0 aromatic heterocycles. The molecule has 1 aliphatic rings. The molecule has 0 saturated heterocycles. The molecular formula is C10H12FNO2. The Balaban J connectivity index is 2.57. The molecule has 76 valence electrons. The summed E-state index contributed by atoms with van der Waals surface area (Å²) in [6.07, 6.45) is 1.52. The van der Waals surface area contributed by atoms with E-state index in [0.717, 1.165) is 18.9 Å². The van der Waals surface area contributed by atoms with Gasteiger partial charge in [0.15, 0.2) is 11.6 Å². The highest BCUT2D eigenvalue weighted by Crippen LogP contribution is 2.52. The van der Waals surface area contributed by atoms with Crippen LogP contribution in [0.5, 0.6) is 11.5 Å². The van der Waals surface area contributed by atoms with Crippen molar-refractivity contribution in [2.45, 2.75) is 18.3 Å². The largest absolute Gasteiger partial charge is 0.508 e. The number of hydrogen-bond acceptors (Lipinski definition) is 3. The van der Waals surface area contributed by atoms with Crippen molar-refractivity contribution in [3.05, 3.63) is 23.5 Å². The number of hydrogen-bond donors (Lipinski definition) is 3. The first-order valence-electron chi connectivity index (χ1n) is 4.52. The van der Waals surface area contributed by atoms with Crippen LogP contribution in [0.1, 0.15) is 18.4 Å². The third kappa shape index (κ3) is 1.14. The first kappa shape index (κ1) is 9.27. The molecule has 0 spiro atoms. The molecule has 0 radical (unpaired) electrons. The first-order valence-corrected chi connectivity index (χ1v) is 4.52. The number of halogens is 1. The third-order valence-electron chi connectivity index (χ3n) is 2.87. The Morgan fingerprint density at radius 3 is 2.36 bits per heavy atom. The van der Waals surface area contributed by atoms with E-state index in [1.807, 2.05) is 0 Å². The molecule has 2 rings (SSSR count). The van der Waals surface area contributed by atoms with Crippen molar-refractivity contribution in [2.75, 3.05) is 6.54 Å². The molecule has 0 atom stereocenters. The van der Waals surface area contributed by atoms with Gasteiger partial charge in [0.2, 0.25) is 0 Å². The summed E-state index contributed by atoms with van der Waals surface area (Å²) in [5.74, 6) is -1.30. The summed E-state index contributed by atoms with van der Waals surface area (Å²) in [6.45, 7) is 0.293. The second kappa shape index (κ2) is 2.85. The summed E-state index contributed by atoms with van der Waals surface area (Å²) in [7, 11) is 0. The predicted molar refractivity (Wildman–Crippen MR) is 49.7 cm³/mol. The van der Waals surface area contributed by atoms with Crippen molar-refractivity contribution in [3.63, 3.8) is 0 Å². The lowest BCUT2D eigenvalue weighted by Gasteiger charge is -2.15. The van der Waals surface area contributed by atoms with E-state index in [1.165, 1.54) is 6.07 Å². The summed E-state index contributed by atoms with van der Waals surface area (Å²) in [4.78, 5) is 0. The molecule has 0 heterocycles. The smallest absolute Gasteiger partial charge is 0.172 e. The molecule has 4 heteroatoms. The maximum atomic E-state index is 13.5. The fourth-order valence-corrected chi connectivity index (χ4v) is 1.77. The Morgan fingerprint density at radius 1 is 1.29 bits per heavy atom. The molecule has 1 aliphatic carbocycles. The van der Waals surface area contributed by atoms with Crippen LogP contribution in [0.15, 0.2) is 12.1 Å². The highest BCUT2D eigenvalue weighted by molar-refractivity contribution is 5.48. The second-order valence-electron chi connectivity index (χ2n) is 3.78. The lowest BCUT2D eigenvalue weighted by Crippen LogP contribution is -2.21. The van der Waals surface area contributed by atoms with Crippen LogP contribution in [-0.4, -0.2) is 16.8 Å². The van der Waals surface area contributed by atoms with Gasteiger partial charge in [0.25, 0.3) is 0 Å². The van der Waals surface area contributed by atoms with E-state index >= 15 is 0 Å². The third-order valence-corrected chi connectivity index (χ3v) is 2.87. The summed E-state index contributed by atoms with van der Waals surface area (Å²) < 4.78 is 13.5. The average Bonchev–Trinajstić information content (AvgIpc) is 2.93. The molecule has 4 N–H and O–H groups in total. The molecule has 0 unspecified atom stereocenters. The van der Waals surface area contributed by atoms with E-state index < -0.39 is 17.0 Å². The Kier molecular flexibility index (Phi) is 1.89. The highest BCUT2D eigenvalue weighted by Gasteiger charge is 2.47. The summed E-state index contributed by atoms with van der Waals surface area (Å²) in [6, 6.07) is 2.43. The molecule has 3 nitrogen and oxygen atoms in total. The van der Waals surface area contributed by atoms with Crippen LogP contribution >= 0.6 is 0 Å². The van der Waals surface area contributed by atoms with Crippen LogP contribution in [0.4, 0.5) is 4.39 Å². The fraction of sp³-hybridized carbons (Fsp3) is 0.400.